The summed E-state index contributed by atoms with van der Waals surface area (Å²) in [4.78, 5) is 31.1. The molecule has 13 heavy (non-hydrogen) atoms. The highest BCUT2D eigenvalue weighted by atomic mass is 32.9. The van der Waals surface area contributed by atoms with E-state index in [9.17, 15) is 14.5 Å². The second-order valence-corrected chi connectivity index (χ2v) is 7.96. The summed E-state index contributed by atoms with van der Waals surface area (Å²) in [7, 11) is 1.21. The molecule has 74 valence electrons. The van der Waals surface area contributed by atoms with E-state index in [1.165, 1.54) is 7.11 Å². The Kier molecular flexibility index (Phi) is 3.31. The molecule has 0 aliphatic carbocycles. The van der Waals surface area contributed by atoms with Crippen LogP contribution in [0.4, 0.5) is 4.79 Å². The Labute approximate surface area is 83.2 Å². The van der Waals surface area contributed by atoms with E-state index in [-0.39, 0.29) is 6.61 Å². The standard InChI is InChI=1S/C4H6NO5PS2/c1-9-11(8,12)13-5-3(6)2-10-4(5)7/h2H2,1H3,(H,8,12). The Bertz CT molecular complexity index is 278. The van der Waals surface area contributed by atoms with Gasteiger partial charge < -0.3 is 14.2 Å². The van der Waals surface area contributed by atoms with Crippen LogP contribution in [0, 0.1) is 0 Å². The first kappa shape index (κ1) is 10.9. The lowest BCUT2D eigenvalue weighted by molar-refractivity contribution is -0.122. The van der Waals surface area contributed by atoms with E-state index >= 15 is 0 Å². The predicted molar refractivity (Wildman–Crippen MR) is 49.3 cm³/mol. The van der Waals surface area contributed by atoms with Gasteiger partial charge in [-0.3, -0.25) is 4.79 Å². The molecule has 0 radical (unpaired) electrons. The van der Waals surface area contributed by atoms with Crippen molar-refractivity contribution in [3.05, 3.63) is 0 Å². The van der Waals surface area contributed by atoms with E-state index in [2.05, 4.69) is 21.1 Å². The number of rotatable bonds is 3. The Balaban J connectivity index is 2.68. The molecule has 6 nitrogen and oxygen atoms in total. The highest BCUT2D eigenvalue weighted by molar-refractivity contribution is 8.67. The first-order valence-corrected chi connectivity index (χ1v) is 7.09. The Morgan fingerprint density at radius 2 is 2.38 bits per heavy atom. The molecule has 1 fully saturated rings. The smallest absolute Gasteiger partial charge is 0.428 e. The molecule has 0 saturated carbocycles. The molecule has 0 bridgehead atoms. The fourth-order valence-electron chi connectivity index (χ4n) is 0.558. The summed E-state index contributed by atoms with van der Waals surface area (Å²) in [6.45, 7) is -0.315. The number of nitrogens with zero attached hydrogens (tertiary/aromatic N) is 1. The number of hydrogen-bond donors (Lipinski definition) is 1. The molecule has 1 unspecified atom stereocenters. The van der Waals surface area contributed by atoms with Crippen LogP contribution in [0.3, 0.4) is 0 Å². The molecule has 1 heterocycles. The molecule has 0 aromatic carbocycles. The minimum Gasteiger partial charge on any atom is -0.438 e. The zero-order valence-electron chi connectivity index (χ0n) is 6.50. The monoisotopic (exact) mass is 243 g/mol. The second kappa shape index (κ2) is 3.93. The topological polar surface area (TPSA) is 76.1 Å². The molecule has 1 N–H and O–H groups in total. The second-order valence-electron chi connectivity index (χ2n) is 1.98. The lowest BCUT2D eigenvalue weighted by atomic mass is 10.7. The van der Waals surface area contributed by atoms with Crippen molar-refractivity contribution in [2.75, 3.05) is 13.7 Å². The van der Waals surface area contributed by atoms with Crippen molar-refractivity contribution < 1.29 is 23.7 Å². The van der Waals surface area contributed by atoms with Crippen molar-refractivity contribution in [2.45, 2.75) is 0 Å². The SMILES string of the molecule is COP(O)(=S)SN1C(=O)COC1=O. The summed E-state index contributed by atoms with van der Waals surface area (Å²) in [6, 6.07) is 0. The van der Waals surface area contributed by atoms with Gasteiger partial charge in [0.2, 0.25) is 0 Å². The maximum absolute atomic E-state index is 10.9. The first-order chi connectivity index (χ1) is 5.96. The van der Waals surface area contributed by atoms with E-state index in [0.29, 0.717) is 15.9 Å². The molecule has 2 amide bonds. The highest BCUT2D eigenvalue weighted by Gasteiger charge is 2.36. The molecule has 0 aromatic rings. The fourth-order valence-corrected chi connectivity index (χ4v) is 2.99. The normalized spacial score (nSPS) is 21.5. The van der Waals surface area contributed by atoms with Crippen molar-refractivity contribution >= 4 is 41.1 Å². The third-order valence-corrected chi connectivity index (χ3v) is 4.91. The summed E-state index contributed by atoms with van der Waals surface area (Å²) in [5.41, 5.74) is -3.14. The summed E-state index contributed by atoms with van der Waals surface area (Å²) in [5.74, 6) is -0.546. The average molecular weight is 243 g/mol. The molecule has 1 aliphatic heterocycles. The zero-order valence-corrected chi connectivity index (χ0v) is 9.03. The van der Waals surface area contributed by atoms with E-state index < -0.39 is 17.7 Å². The molecule has 1 saturated heterocycles. The minimum absolute atomic E-state index is 0.315. The molecule has 1 rings (SSSR count). The van der Waals surface area contributed by atoms with Crippen molar-refractivity contribution in [1.82, 2.24) is 4.31 Å². The molecular formula is C4H6NO5PS2. The van der Waals surface area contributed by atoms with Gasteiger partial charge >= 0.3 is 6.09 Å². The van der Waals surface area contributed by atoms with Gasteiger partial charge in [-0.05, 0) is 11.8 Å². The van der Waals surface area contributed by atoms with E-state index in [0.717, 1.165) is 0 Å². The van der Waals surface area contributed by atoms with Crippen molar-refractivity contribution in [3.63, 3.8) is 0 Å². The summed E-state index contributed by atoms with van der Waals surface area (Å²) in [5, 5.41) is 0. The number of imide groups is 1. The van der Waals surface area contributed by atoms with Gasteiger partial charge in [0.1, 0.15) is 0 Å². The molecule has 0 aromatic heterocycles. The number of carbonyl (C=O) groups is 2. The van der Waals surface area contributed by atoms with Crippen molar-refractivity contribution in [1.29, 1.82) is 0 Å². The number of hydrogen-bond acceptors (Lipinski definition) is 6. The predicted octanol–water partition coefficient (Wildman–Crippen LogP) is 0.477. The minimum atomic E-state index is -3.14. The van der Waals surface area contributed by atoms with Crippen LogP contribution in [0.15, 0.2) is 0 Å². The first-order valence-electron chi connectivity index (χ1n) is 3.04. The van der Waals surface area contributed by atoms with E-state index in [1.807, 2.05) is 0 Å². The van der Waals surface area contributed by atoms with Crippen molar-refractivity contribution in [3.8, 4) is 0 Å². The Morgan fingerprint density at radius 3 is 2.77 bits per heavy atom. The molecule has 1 atom stereocenters. The van der Waals surface area contributed by atoms with Crippen LogP contribution in [-0.4, -0.2) is 34.9 Å². The van der Waals surface area contributed by atoms with Crippen LogP contribution in [0.25, 0.3) is 0 Å². The third kappa shape index (κ3) is 2.65. The number of cyclic esters (lactones) is 1. The quantitative estimate of drug-likeness (QED) is 0.570. The van der Waals surface area contributed by atoms with Gasteiger partial charge in [0.25, 0.3) is 11.6 Å². The summed E-state index contributed by atoms with van der Waals surface area (Å²) >= 11 is 5.09. The van der Waals surface area contributed by atoms with E-state index in [1.54, 1.807) is 0 Å². The average Bonchev–Trinajstić information content (AvgIpc) is 2.36. The van der Waals surface area contributed by atoms with Crippen LogP contribution in [0.5, 0.6) is 0 Å². The fraction of sp³-hybridized carbons (Fsp3) is 0.500. The van der Waals surface area contributed by atoms with Gasteiger partial charge in [0.15, 0.2) is 6.61 Å². The van der Waals surface area contributed by atoms with Crippen LogP contribution < -0.4 is 0 Å². The number of amides is 2. The zero-order chi connectivity index (χ0) is 10.1. The van der Waals surface area contributed by atoms with Gasteiger partial charge in [-0.15, -0.1) is 0 Å². The number of ether oxygens (including phenoxy) is 1. The van der Waals surface area contributed by atoms with Crippen LogP contribution in [0.2, 0.25) is 0 Å². The van der Waals surface area contributed by atoms with Gasteiger partial charge in [0.05, 0.1) is 11.6 Å². The Morgan fingerprint density at radius 1 is 1.77 bits per heavy atom. The van der Waals surface area contributed by atoms with Gasteiger partial charge in [0, 0.05) is 7.11 Å². The van der Waals surface area contributed by atoms with Crippen LogP contribution in [0.1, 0.15) is 0 Å². The van der Waals surface area contributed by atoms with Gasteiger partial charge in [-0.2, -0.15) is 4.31 Å². The lowest BCUT2D eigenvalue weighted by Gasteiger charge is -2.15. The lowest BCUT2D eigenvalue weighted by Crippen LogP contribution is -2.20. The van der Waals surface area contributed by atoms with Crippen molar-refractivity contribution in [2.24, 2.45) is 0 Å². The summed E-state index contributed by atoms with van der Waals surface area (Å²) < 4.78 is 9.60. The van der Waals surface area contributed by atoms with Crippen LogP contribution >= 0.6 is 17.3 Å². The molecule has 1 aliphatic rings. The molecule has 0 spiro atoms. The third-order valence-electron chi connectivity index (χ3n) is 1.13. The maximum Gasteiger partial charge on any atom is 0.428 e. The number of carbonyl (C=O) groups excluding carboxylic acids is 2. The van der Waals surface area contributed by atoms with Gasteiger partial charge in [-0.25, -0.2) is 4.79 Å². The largest absolute Gasteiger partial charge is 0.438 e. The van der Waals surface area contributed by atoms with E-state index in [4.69, 9.17) is 0 Å². The van der Waals surface area contributed by atoms with Gasteiger partial charge in [-0.1, -0.05) is 0 Å². The highest BCUT2D eigenvalue weighted by Crippen LogP contribution is 2.57. The van der Waals surface area contributed by atoms with Crippen LogP contribution in [-0.2, 0) is 25.9 Å². The molecular weight excluding hydrogens is 237 g/mol. The Hall–Kier alpha value is -0.140. The maximum atomic E-state index is 10.9. The molecule has 9 heteroatoms. The summed E-state index contributed by atoms with van der Waals surface area (Å²) in [6.07, 6.45) is -0.824.